The molecule has 0 spiro atoms. The second-order valence-corrected chi connectivity index (χ2v) is 5.33. The van der Waals surface area contributed by atoms with Crippen molar-refractivity contribution in [3.05, 3.63) is 0 Å². The van der Waals surface area contributed by atoms with Gasteiger partial charge in [-0.25, -0.2) is 0 Å². The SMILES string of the molecule is CN1CCOCC1C(=O)OCOC(=O)C(C)(C)C. The van der Waals surface area contributed by atoms with Gasteiger partial charge < -0.3 is 14.2 Å². The Kier molecular flexibility index (Phi) is 5.10. The van der Waals surface area contributed by atoms with Gasteiger partial charge in [0.15, 0.2) is 0 Å². The molecule has 1 fully saturated rings. The van der Waals surface area contributed by atoms with Gasteiger partial charge in [0.2, 0.25) is 6.79 Å². The Morgan fingerprint density at radius 3 is 2.56 bits per heavy atom. The van der Waals surface area contributed by atoms with Crippen molar-refractivity contribution in [1.29, 1.82) is 0 Å². The zero-order chi connectivity index (χ0) is 13.8. The van der Waals surface area contributed by atoms with Crippen LogP contribution in [-0.2, 0) is 23.8 Å². The summed E-state index contributed by atoms with van der Waals surface area (Å²) < 4.78 is 15.0. The lowest BCUT2D eigenvalue weighted by atomic mass is 9.98. The molecule has 18 heavy (non-hydrogen) atoms. The minimum absolute atomic E-state index is 0.308. The first kappa shape index (κ1) is 14.9. The number of likely N-dealkylation sites (N-methyl/N-ethyl adjacent to an activating group) is 1. The fourth-order valence-electron chi connectivity index (χ4n) is 1.39. The fourth-order valence-corrected chi connectivity index (χ4v) is 1.39. The molecule has 6 nitrogen and oxygen atoms in total. The third-order valence-corrected chi connectivity index (χ3v) is 2.67. The van der Waals surface area contributed by atoms with Gasteiger partial charge >= 0.3 is 11.9 Å². The molecule has 0 saturated carbocycles. The van der Waals surface area contributed by atoms with Crippen molar-refractivity contribution >= 4 is 11.9 Å². The normalized spacial score (nSPS) is 21.4. The van der Waals surface area contributed by atoms with E-state index < -0.39 is 23.4 Å². The summed E-state index contributed by atoms with van der Waals surface area (Å²) in [5, 5.41) is 0. The minimum atomic E-state index is -0.600. The molecule has 0 aromatic carbocycles. The third kappa shape index (κ3) is 4.27. The summed E-state index contributed by atoms with van der Waals surface area (Å²) in [4.78, 5) is 25.0. The highest BCUT2D eigenvalue weighted by Crippen LogP contribution is 2.15. The molecule has 1 saturated heterocycles. The van der Waals surface area contributed by atoms with E-state index in [1.165, 1.54) is 0 Å². The molecule has 0 bridgehead atoms. The van der Waals surface area contributed by atoms with Crippen LogP contribution in [0, 0.1) is 5.41 Å². The largest absolute Gasteiger partial charge is 0.427 e. The Morgan fingerprint density at radius 1 is 1.33 bits per heavy atom. The molecule has 0 amide bonds. The second-order valence-electron chi connectivity index (χ2n) is 5.33. The summed E-state index contributed by atoms with van der Waals surface area (Å²) in [6.45, 7) is 6.46. The highest BCUT2D eigenvalue weighted by atomic mass is 16.7. The number of esters is 2. The molecule has 6 heteroatoms. The van der Waals surface area contributed by atoms with Crippen LogP contribution >= 0.6 is 0 Å². The molecule has 0 aliphatic carbocycles. The van der Waals surface area contributed by atoms with Crippen molar-refractivity contribution in [3.8, 4) is 0 Å². The molecule has 104 valence electrons. The number of nitrogens with zero attached hydrogens (tertiary/aromatic N) is 1. The summed E-state index contributed by atoms with van der Waals surface area (Å²) in [5.41, 5.74) is -0.600. The molecule has 1 atom stereocenters. The van der Waals surface area contributed by atoms with Crippen LogP contribution in [-0.4, -0.2) is 56.5 Å². The second kappa shape index (κ2) is 6.15. The Bertz CT molecular complexity index is 310. The predicted octanol–water partition coefficient (Wildman–Crippen LogP) is 0.407. The quantitative estimate of drug-likeness (QED) is 0.540. The highest BCUT2D eigenvalue weighted by Gasteiger charge is 2.29. The Morgan fingerprint density at radius 2 is 2.00 bits per heavy atom. The highest BCUT2D eigenvalue weighted by molar-refractivity contribution is 5.77. The summed E-state index contributed by atoms with van der Waals surface area (Å²) in [6, 6.07) is -0.424. The lowest BCUT2D eigenvalue weighted by Crippen LogP contribution is -2.48. The van der Waals surface area contributed by atoms with E-state index in [-0.39, 0.29) is 6.79 Å². The molecule has 0 radical (unpaired) electrons. The van der Waals surface area contributed by atoms with Crippen LogP contribution < -0.4 is 0 Å². The Labute approximate surface area is 107 Å². The van der Waals surface area contributed by atoms with Gasteiger partial charge in [0.05, 0.1) is 18.6 Å². The monoisotopic (exact) mass is 259 g/mol. The smallest absolute Gasteiger partial charge is 0.328 e. The van der Waals surface area contributed by atoms with Crippen LogP contribution in [0.3, 0.4) is 0 Å². The van der Waals surface area contributed by atoms with Crippen molar-refractivity contribution in [2.24, 2.45) is 5.41 Å². The zero-order valence-electron chi connectivity index (χ0n) is 11.4. The van der Waals surface area contributed by atoms with Gasteiger partial charge in [-0.2, -0.15) is 0 Å². The first-order valence-corrected chi connectivity index (χ1v) is 5.94. The van der Waals surface area contributed by atoms with Gasteiger partial charge in [0.25, 0.3) is 0 Å². The predicted molar refractivity (Wildman–Crippen MR) is 63.7 cm³/mol. The van der Waals surface area contributed by atoms with E-state index in [9.17, 15) is 9.59 Å². The maximum atomic E-state index is 11.7. The average molecular weight is 259 g/mol. The number of ether oxygens (including phenoxy) is 3. The maximum absolute atomic E-state index is 11.7. The van der Waals surface area contributed by atoms with Crippen LogP contribution in [0.5, 0.6) is 0 Å². The molecule has 1 heterocycles. The average Bonchev–Trinajstić information content (AvgIpc) is 2.28. The molecule has 1 aliphatic rings. The van der Waals surface area contributed by atoms with Crippen LogP contribution in [0.2, 0.25) is 0 Å². The fraction of sp³-hybridized carbons (Fsp3) is 0.833. The molecule has 0 aromatic rings. The standard InChI is InChI=1S/C12H21NO5/c1-12(2,3)11(15)18-8-17-10(14)9-7-16-6-5-13(9)4/h9H,5-8H2,1-4H3. The van der Waals surface area contributed by atoms with Gasteiger partial charge in [-0.15, -0.1) is 0 Å². The van der Waals surface area contributed by atoms with Crippen LogP contribution in [0.1, 0.15) is 20.8 Å². The molecule has 0 N–H and O–H groups in total. The van der Waals surface area contributed by atoms with Gasteiger partial charge in [0.1, 0.15) is 6.04 Å². The Hall–Kier alpha value is -1.14. The van der Waals surface area contributed by atoms with Crippen LogP contribution in [0.15, 0.2) is 0 Å². The Balaban J connectivity index is 2.31. The van der Waals surface area contributed by atoms with Gasteiger partial charge in [-0.05, 0) is 27.8 Å². The van der Waals surface area contributed by atoms with E-state index in [0.717, 1.165) is 0 Å². The number of carbonyl (C=O) groups excluding carboxylic acids is 2. The van der Waals surface area contributed by atoms with Crippen molar-refractivity contribution in [2.75, 3.05) is 33.6 Å². The lowest BCUT2D eigenvalue weighted by Gasteiger charge is -2.30. The van der Waals surface area contributed by atoms with Gasteiger partial charge in [-0.3, -0.25) is 14.5 Å². The lowest BCUT2D eigenvalue weighted by molar-refractivity contribution is -0.178. The molecule has 1 aliphatic heterocycles. The first-order chi connectivity index (χ1) is 8.32. The molecule has 1 unspecified atom stereocenters. The van der Waals surface area contributed by atoms with E-state index in [1.807, 2.05) is 11.9 Å². The van der Waals surface area contributed by atoms with Gasteiger partial charge in [0, 0.05) is 6.54 Å². The summed E-state index contributed by atoms with van der Waals surface area (Å²) in [6.07, 6.45) is 0. The van der Waals surface area contributed by atoms with E-state index in [2.05, 4.69) is 0 Å². The molecule has 0 aromatic heterocycles. The first-order valence-electron chi connectivity index (χ1n) is 5.94. The van der Waals surface area contributed by atoms with E-state index in [1.54, 1.807) is 20.8 Å². The number of hydrogen-bond acceptors (Lipinski definition) is 6. The topological polar surface area (TPSA) is 65.1 Å². The summed E-state index contributed by atoms with van der Waals surface area (Å²) in [7, 11) is 1.83. The zero-order valence-corrected chi connectivity index (χ0v) is 11.4. The molecule has 1 rings (SSSR count). The summed E-state index contributed by atoms with van der Waals surface area (Å²) >= 11 is 0. The van der Waals surface area contributed by atoms with Gasteiger partial charge in [-0.1, -0.05) is 0 Å². The molecular formula is C12H21NO5. The van der Waals surface area contributed by atoms with Crippen molar-refractivity contribution in [2.45, 2.75) is 26.8 Å². The van der Waals surface area contributed by atoms with Crippen LogP contribution in [0.25, 0.3) is 0 Å². The number of hydrogen-bond donors (Lipinski definition) is 0. The summed E-state index contributed by atoms with van der Waals surface area (Å²) in [5.74, 6) is -0.831. The number of rotatable bonds is 3. The minimum Gasteiger partial charge on any atom is -0.427 e. The van der Waals surface area contributed by atoms with E-state index in [4.69, 9.17) is 14.2 Å². The van der Waals surface area contributed by atoms with E-state index in [0.29, 0.717) is 19.8 Å². The maximum Gasteiger partial charge on any atom is 0.328 e. The number of morpholine rings is 1. The van der Waals surface area contributed by atoms with Crippen molar-refractivity contribution in [1.82, 2.24) is 4.90 Å². The number of carbonyl (C=O) groups is 2. The third-order valence-electron chi connectivity index (χ3n) is 2.67. The van der Waals surface area contributed by atoms with Crippen molar-refractivity contribution in [3.63, 3.8) is 0 Å². The van der Waals surface area contributed by atoms with E-state index >= 15 is 0 Å². The van der Waals surface area contributed by atoms with Crippen LogP contribution in [0.4, 0.5) is 0 Å². The molecular weight excluding hydrogens is 238 g/mol. The van der Waals surface area contributed by atoms with Crippen molar-refractivity contribution < 1.29 is 23.8 Å².